The Morgan fingerprint density at radius 3 is 2.69 bits per heavy atom. The number of allylic oxidation sites excluding steroid dienone is 2. The molecule has 1 aromatic carbocycles. The number of alkyl halides is 1. The number of ether oxygens (including phenoxy) is 5. The Hall–Kier alpha value is -1.57. The summed E-state index contributed by atoms with van der Waals surface area (Å²) in [6, 6.07) is 0. The second-order valence-electron chi connectivity index (χ2n) is 6.02. The number of fused-ring (bicyclic) bond motifs is 1. The van der Waals surface area contributed by atoms with Crippen LogP contribution in [-0.2, 0) is 27.2 Å². The molecule has 0 amide bonds. The molecule has 2 rings (SSSR count). The third-order valence-corrected chi connectivity index (χ3v) is 5.21. The Bertz CT molecular complexity index is 698. The molecule has 26 heavy (non-hydrogen) atoms. The summed E-state index contributed by atoms with van der Waals surface area (Å²) in [7, 11) is 3.16. The van der Waals surface area contributed by atoms with Crippen molar-refractivity contribution in [3.8, 4) is 11.5 Å². The van der Waals surface area contributed by atoms with Crippen molar-refractivity contribution in [2.24, 2.45) is 0 Å². The fourth-order valence-corrected chi connectivity index (χ4v) is 2.99. The number of carbonyl (C=O) groups is 1. The van der Waals surface area contributed by atoms with E-state index in [1.165, 1.54) is 5.57 Å². The average Bonchev–Trinajstić information content (AvgIpc) is 3.03. The van der Waals surface area contributed by atoms with Crippen LogP contribution >= 0.6 is 15.9 Å². The van der Waals surface area contributed by atoms with Crippen molar-refractivity contribution in [1.82, 2.24) is 0 Å². The number of esters is 1. The Morgan fingerprint density at radius 1 is 1.35 bits per heavy atom. The molecular formula is C19H25BrO6. The highest BCUT2D eigenvalue weighted by molar-refractivity contribution is 9.09. The lowest BCUT2D eigenvalue weighted by Gasteiger charge is -2.20. The van der Waals surface area contributed by atoms with Crippen LogP contribution in [0.5, 0.6) is 11.5 Å². The van der Waals surface area contributed by atoms with E-state index in [4.69, 9.17) is 23.7 Å². The minimum absolute atomic E-state index is 0.0465. The van der Waals surface area contributed by atoms with E-state index in [2.05, 4.69) is 22.0 Å². The van der Waals surface area contributed by atoms with Crippen molar-refractivity contribution in [3.05, 3.63) is 33.9 Å². The molecule has 0 aliphatic carbocycles. The van der Waals surface area contributed by atoms with Crippen LogP contribution in [0.2, 0.25) is 0 Å². The van der Waals surface area contributed by atoms with Crippen LogP contribution < -0.4 is 9.47 Å². The number of benzene rings is 1. The van der Waals surface area contributed by atoms with Crippen LogP contribution in [-0.4, -0.2) is 38.6 Å². The number of hydrogen-bond donors (Lipinski definition) is 0. The summed E-state index contributed by atoms with van der Waals surface area (Å²) in [5.74, 6) is 0.769. The lowest BCUT2D eigenvalue weighted by molar-refractivity contribution is -0.149. The first-order valence-corrected chi connectivity index (χ1v) is 9.44. The van der Waals surface area contributed by atoms with Crippen molar-refractivity contribution in [1.29, 1.82) is 0 Å². The number of halogens is 1. The van der Waals surface area contributed by atoms with Crippen molar-refractivity contribution in [2.75, 3.05) is 26.3 Å². The molecule has 0 saturated heterocycles. The summed E-state index contributed by atoms with van der Waals surface area (Å²) in [6.07, 6.45) is 2.22. The fraction of sp³-hybridized carbons (Fsp3) is 0.526. The maximum atomic E-state index is 12.3. The highest BCUT2D eigenvalue weighted by Gasteiger charge is 2.33. The van der Waals surface area contributed by atoms with Gasteiger partial charge in [0.15, 0.2) is 13.1 Å². The second-order valence-corrected chi connectivity index (χ2v) is 6.58. The normalized spacial score (nSPS) is 14.8. The molecule has 0 N–H and O–H groups in total. The SMILES string of the molecule is COc1c(C)c2c(c(OCOC(C)OC)c1C/C=C(\C)CBr)C(=O)OC2. The van der Waals surface area contributed by atoms with Crippen molar-refractivity contribution in [2.45, 2.75) is 40.1 Å². The van der Waals surface area contributed by atoms with Gasteiger partial charge in [-0.3, -0.25) is 0 Å². The molecule has 0 radical (unpaired) electrons. The predicted octanol–water partition coefficient (Wildman–Crippen LogP) is 3.90. The molecule has 144 valence electrons. The molecule has 0 fully saturated rings. The first-order chi connectivity index (χ1) is 12.4. The minimum atomic E-state index is -0.415. The van der Waals surface area contributed by atoms with E-state index >= 15 is 0 Å². The van der Waals surface area contributed by atoms with E-state index in [9.17, 15) is 4.79 Å². The Morgan fingerprint density at radius 2 is 2.08 bits per heavy atom. The van der Waals surface area contributed by atoms with E-state index < -0.39 is 6.29 Å². The monoisotopic (exact) mass is 428 g/mol. The molecule has 6 nitrogen and oxygen atoms in total. The van der Waals surface area contributed by atoms with E-state index in [1.807, 2.05) is 13.8 Å². The predicted molar refractivity (Wildman–Crippen MR) is 101 cm³/mol. The van der Waals surface area contributed by atoms with Crippen molar-refractivity contribution in [3.63, 3.8) is 0 Å². The minimum Gasteiger partial charge on any atom is -0.496 e. The van der Waals surface area contributed by atoms with Gasteiger partial charge < -0.3 is 23.7 Å². The average molecular weight is 429 g/mol. The maximum Gasteiger partial charge on any atom is 0.342 e. The van der Waals surface area contributed by atoms with Gasteiger partial charge in [-0.1, -0.05) is 27.6 Å². The van der Waals surface area contributed by atoms with Crippen LogP contribution in [0.15, 0.2) is 11.6 Å². The summed E-state index contributed by atoms with van der Waals surface area (Å²) in [5.41, 5.74) is 4.12. The number of carbonyl (C=O) groups excluding carboxylic acids is 1. The van der Waals surface area contributed by atoms with Gasteiger partial charge in [-0.05, 0) is 32.8 Å². The van der Waals surface area contributed by atoms with Gasteiger partial charge in [0.2, 0.25) is 0 Å². The molecule has 7 heteroatoms. The molecule has 0 spiro atoms. The Balaban J connectivity index is 2.49. The second kappa shape index (κ2) is 9.39. The van der Waals surface area contributed by atoms with Gasteiger partial charge in [0, 0.05) is 23.6 Å². The standard InChI is InChI=1S/C19H25BrO6/c1-11(8-20)6-7-14-17(23-5)12(2)15-9-24-19(21)16(15)18(14)26-10-25-13(3)22-4/h6,13H,7-10H2,1-5H3/b11-6+. The number of hydrogen-bond acceptors (Lipinski definition) is 6. The largest absolute Gasteiger partial charge is 0.496 e. The highest BCUT2D eigenvalue weighted by atomic mass is 79.9. The number of rotatable bonds is 9. The molecule has 0 aromatic heterocycles. The summed E-state index contributed by atoms with van der Waals surface area (Å²) in [6.45, 7) is 5.89. The van der Waals surface area contributed by atoms with Crippen molar-refractivity contribution < 1.29 is 28.5 Å². The summed E-state index contributed by atoms with van der Waals surface area (Å²) in [5, 5.41) is 0.770. The van der Waals surface area contributed by atoms with Gasteiger partial charge in [-0.15, -0.1) is 0 Å². The van der Waals surface area contributed by atoms with Gasteiger partial charge >= 0.3 is 5.97 Å². The summed E-state index contributed by atoms with van der Waals surface area (Å²) < 4.78 is 27.2. The van der Waals surface area contributed by atoms with Gasteiger partial charge in [0.1, 0.15) is 23.7 Å². The zero-order chi connectivity index (χ0) is 19.3. The van der Waals surface area contributed by atoms with E-state index in [1.54, 1.807) is 21.1 Å². The van der Waals surface area contributed by atoms with Gasteiger partial charge in [0.25, 0.3) is 0 Å². The third kappa shape index (κ3) is 4.39. The van der Waals surface area contributed by atoms with E-state index in [-0.39, 0.29) is 19.4 Å². The first kappa shape index (κ1) is 20.7. The lowest BCUT2D eigenvalue weighted by atomic mass is 9.95. The summed E-state index contributed by atoms with van der Waals surface area (Å²) in [4.78, 5) is 12.3. The van der Waals surface area contributed by atoms with Crippen LogP contribution in [0.4, 0.5) is 0 Å². The van der Waals surface area contributed by atoms with Crippen LogP contribution in [0.1, 0.15) is 40.9 Å². The molecule has 0 saturated carbocycles. The van der Waals surface area contributed by atoms with Gasteiger partial charge in [-0.25, -0.2) is 4.79 Å². The molecule has 1 aliphatic heterocycles. The Labute approximate surface area is 162 Å². The molecule has 1 heterocycles. The molecular weight excluding hydrogens is 404 g/mol. The van der Waals surface area contributed by atoms with E-state index in [0.29, 0.717) is 23.5 Å². The van der Waals surface area contributed by atoms with Gasteiger partial charge in [-0.2, -0.15) is 0 Å². The van der Waals surface area contributed by atoms with Crippen LogP contribution in [0, 0.1) is 6.92 Å². The Kier molecular flexibility index (Phi) is 7.49. The van der Waals surface area contributed by atoms with Gasteiger partial charge in [0.05, 0.1) is 7.11 Å². The molecule has 1 aromatic rings. The zero-order valence-corrected chi connectivity index (χ0v) is 17.4. The first-order valence-electron chi connectivity index (χ1n) is 8.32. The molecule has 1 atom stereocenters. The van der Waals surface area contributed by atoms with Crippen LogP contribution in [0.3, 0.4) is 0 Å². The van der Waals surface area contributed by atoms with Crippen LogP contribution in [0.25, 0.3) is 0 Å². The summed E-state index contributed by atoms with van der Waals surface area (Å²) >= 11 is 3.44. The molecule has 0 bridgehead atoms. The maximum absolute atomic E-state index is 12.3. The fourth-order valence-electron chi connectivity index (χ4n) is 2.76. The third-order valence-electron chi connectivity index (χ3n) is 4.33. The topological polar surface area (TPSA) is 63.2 Å². The number of methoxy groups -OCH3 is 2. The lowest BCUT2D eigenvalue weighted by Crippen LogP contribution is -2.16. The van der Waals surface area contributed by atoms with E-state index in [0.717, 1.165) is 22.0 Å². The zero-order valence-electron chi connectivity index (χ0n) is 15.8. The molecule has 1 unspecified atom stereocenters. The highest BCUT2D eigenvalue weighted by Crippen LogP contribution is 2.42. The molecule has 1 aliphatic rings. The number of cyclic esters (lactones) is 1. The smallest absolute Gasteiger partial charge is 0.342 e. The quantitative estimate of drug-likeness (QED) is 0.257. The van der Waals surface area contributed by atoms with Crippen molar-refractivity contribution >= 4 is 21.9 Å².